The van der Waals surface area contributed by atoms with Gasteiger partial charge in [-0.05, 0) is 25.6 Å². The molecular weight excluding hydrogens is 292 g/mol. The second-order valence-corrected chi connectivity index (χ2v) is 6.15. The van der Waals surface area contributed by atoms with Crippen LogP contribution in [-0.2, 0) is 23.1 Å². The number of rotatable bonds is 7. The van der Waals surface area contributed by atoms with Crippen molar-refractivity contribution in [3.63, 3.8) is 0 Å². The van der Waals surface area contributed by atoms with Crippen LogP contribution in [0.5, 0.6) is 0 Å². The van der Waals surface area contributed by atoms with Gasteiger partial charge >= 0.3 is 0 Å². The van der Waals surface area contributed by atoms with Gasteiger partial charge in [-0.25, -0.2) is 13.1 Å². The molecule has 0 fully saturated rings. The van der Waals surface area contributed by atoms with Crippen LogP contribution in [0.4, 0.5) is 0 Å². The van der Waals surface area contributed by atoms with Gasteiger partial charge in [0.2, 0.25) is 10.0 Å². The standard InChI is InChI=1S/C12H18N6O2S/c1-3-13-8-11-12(9(2)16-18-11)21(19,20)15-7-10-5-4-6-14-17-10/h4-6,13,15H,3,7-8H2,1-2H3,(H,16,18). The van der Waals surface area contributed by atoms with Crippen molar-refractivity contribution < 1.29 is 8.42 Å². The number of aromatic amines is 1. The van der Waals surface area contributed by atoms with Gasteiger partial charge < -0.3 is 5.32 Å². The molecule has 2 heterocycles. The van der Waals surface area contributed by atoms with E-state index in [-0.39, 0.29) is 11.4 Å². The van der Waals surface area contributed by atoms with Crippen LogP contribution < -0.4 is 10.0 Å². The molecule has 9 heteroatoms. The Labute approximate surface area is 123 Å². The lowest BCUT2D eigenvalue weighted by Crippen LogP contribution is -2.26. The first-order chi connectivity index (χ1) is 10.0. The van der Waals surface area contributed by atoms with E-state index in [0.29, 0.717) is 23.6 Å². The van der Waals surface area contributed by atoms with E-state index in [9.17, 15) is 8.42 Å². The van der Waals surface area contributed by atoms with Crippen LogP contribution in [0.3, 0.4) is 0 Å². The van der Waals surface area contributed by atoms with Crippen LogP contribution in [-0.4, -0.2) is 35.4 Å². The minimum atomic E-state index is -3.66. The number of nitrogens with zero attached hydrogens (tertiary/aromatic N) is 3. The molecule has 0 aliphatic heterocycles. The topological polar surface area (TPSA) is 113 Å². The number of aryl methyl sites for hydroxylation is 1. The quantitative estimate of drug-likeness (QED) is 0.668. The summed E-state index contributed by atoms with van der Waals surface area (Å²) in [6.07, 6.45) is 1.53. The van der Waals surface area contributed by atoms with Gasteiger partial charge in [0, 0.05) is 12.7 Å². The Kier molecular flexibility index (Phi) is 4.99. The van der Waals surface area contributed by atoms with Crippen molar-refractivity contribution in [1.29, 1.82) is 0 Å². The summed E-state index contributed by atoms with van der Waals surface area (Å²) in [6.45, 7) is 4.83. The van der Waals surface area contributed by atoms with E-state index in [1.54, 1.807) is 19.1 Å². The average Bonchev–Trinajstić information content (AvgIpc) is 2.86. The molecular formula is C12H18N6O2S. The lowest BCUT2D eigenvalue weighted by atomic mass is 10.3. The van der Waals surface area contributed by atoms with E-state index in [4.69, 9.17) is 0 Å². The summed E-state index contributed by atoms with van der Waals surface area (Å²) in [6, 6.07) is 3.41. The molecule has 2 aromatic rings. The molecule has 21 heavy (non-hydrogen) atoms. The third-order valence-corrected chi connectivity index (χ3v) is 4.45. The molecule has 3 N–H and O–H groups in total. The molecule has 0 spiro atoms. The highest BCUT2D eigenvalue weighted by atomic mass is 32.2. The van der Waals surface area contributed by atoms with Crippen LogP contribution in [0, 0.1) is 6.92 Å². The third-order valence-electron chi connectivity index (χ3n) is 2.84. The number of H-pyrrole nitrogens is 1. The second-order valence-electron chi connectivity index (χ2n) is 4.44. The predicted molar refractivity (Wildman–Crippen MR) is 76.8 cm³/mol. The maximum Gasteiger partial charge on any atom is 0.244 e. The Bertz CT molecular complexity index is 683. The van der Waals surface area contributed by atoms with Crippen molar-refractivity contribution >= 4 is 10.0 Å². The minimum Gasteiger partial charge on any atom is -0.311 e. The number of sulfonamides is 1. The van der Waals surface area contributed by atoms with Crippen LogP contribution in [0.15, 0.2) is 23.2 Å². The Hall–Kier alpha value is -1.84. The predicted octanol–water partition coefficient (Wildman–Crippen LogP) is 0.0961. The Morgan fingerprint density at radius 2 is 2.14 bits per heavy atom. The Balaban J connectivity index is 2.17. The molecule has 2 rings (SSSR count). The number of hydrogen-bond donors (Lipinski definition) is 3. The molecule has 0 unspecified atom stereocenters. The van der Waals surface area contributed by atoms with E-state index in [1.165, 1.54) is 6.20 Å². The minimum absolute atomic E-state index is 0.0848. The van der Waals surface area contributed by atoms with Crippen molar-refractivity contribution in [2.45, 2.75) is 31.8 Å². The summed E-state index contributed by atoms with van der Waals surface area (Å²) in [4.78, 5) is 0.187. The SMILES string of the molecule is CCNCc1n[nH]c(C)c1S(=O)(=O)NCc1cccnn1. The van der Waals surface area contributed by atoms with E-state index >= 15 is 0 Å². The molecule has 114 valence electrons. The number of nitrogens with one attached hydrogen (secondary N) is 3. The molecule has 0 amide bonds. The second kappa shape index (κ2) is 6.74. The first kappa shape index (κ1) is 15.5. The van der Waals surface area contributed by atoms with Gasteiger partial charge in [0.1, 0.15) is 4.90 Å². The molecule has 0 atom stereocenters. The molecule has 0 aliphatic carbocycles. The summed E-state index contributed by atoms with van der Waals surface area (Å²) in [5, 5.41) is 17.4. The van der Waals surface area contributed by atoms with Crippen molar-refractivity contribution in [1.82, 2.24) is 30.4 Å². The zero-order valence-electron chi connectivity index (χ0n) is 11.9. The highest BCUT2D eigenvalue weighted by Crippen LogP contribution is 2.17. The fraction of sp³-hybridized carbons (Fsp3) is 0.417. The lowest BCUT2D eigenvalue weighted by Gasteiger charge is -2.07. The van der Waals surface area contributed by atoms with Gasteiger partial charge in [-0.2, -0.15) is 15.3 Å². The maximum absolute atomic E-state index is 12.4. The van der Waals surface area contributed by atoms with E-state index in [2.05, 4.69) is 30.4 Å². The zero-order valence-corrected chi connectivity index (χ0v) is 12.7. The van der Waals surface area contributed by atoms with Crippen molar-refractivity contribution in [3.05, 3.63) is 35.4 Å². The molecule has 8 nitrogen and oxygen atoms in total. The summed E-state index contributed by atoms with van der Waals surface area (Å²) in [5.41, 5.74) is 1.53. The Morgan fingerprint density at radius 3 is 2.81 bits per heavy atom. The van der Waals surface area contributed by atoms with Gasteiger partial charge in [-0.3, -0.25) is 5.10 Å². The average molecular weight is 310 g/mol. The summed E-state index contributed by atoms with van der Waals surface area (Å²) in [5.74, 6) is 0. The van der Waals surface area contributed by atoms with Crippen LogP contribution in [0.25, 0.3) is 0 Å². The number of hydrogen-bond acceptors (Lipinski definition) is 6. The van der Waals surface area contributed by atoms with Gasteiger partial charge in [0.25, 0.3) is 0 Å². The maximum atomic E-state index is 12.4. The van der Waals surface area contributed by atoms with Crippen LogP contribution in [0.1, 0.15) is 24.0 Å². The normalized spacial score (nSPS) is 11.7. The summed E-state index contributed by atoms with van der Waals surface area (Å²) >= 11 is 0. The van der Waals surface area contributed by atoms with Crippen molar-refractivity contribution in [3.8, 4) is 0 Å². The molecule has 2 aromatic heterocycles. The molecule has 0 saturated heterocycles. The third kappa shape index (κ3) is 3.84. The van der Waals surface area contributed by atoms with Crippen molar-refractivity contribution in [2.24, 2.45) is 0 Å². The Morgan fingerprint density at radius 1 is 1.33 bits per heavy atom. The highest BCUT2D eigenvalue weighted by molar-refractivity contribution is 7.89. The number of aromatic nitrogens is 4. The monoisotopic (exact) mass is 310 g/mol. The molecule has 0 aliphatic rings. The fourth-order valence-electron chi connectivity index (χ4n) is 1.86. The molecule has 0 radical (unpaired) electrons. The van der Waals surface area contributed by atoms with E-state index in [1.807, 2.05) is 6.92 Å². The summed E-state index contributed by atoms with van der Waals surface area (Å²) < 4.78 is 27.4. The van der Waals surface area contributed by atoms with Crippen molar-refractivity contribution in [2.75, 3.05) is 6.54 Å². The van der Waals surface area contributed by atoms with Crippen LogP contribution >= 0.6 is 0 Å². The zero-order chi connectivity index (χ0) is 15.3. The lowest BCUT2D eigenvalue weighted by molar-refractivity contribution is 0.576. The smallest absolute Gasteiger partial charge is 0.244 e. The summed E-state index contributed by atoms with van der Waals surface area (Å²) in [7, 11) is -3.66. The van der Waals surface area contributed by atoms with Gasteiger partial charge in [0.15, 0.2) is 0 Å². The van der Waals surface area contributed by atoms with Gasteiger partial charge in [0.05, 0.1) is 23.6 Å². The van der Waals surface area contributed by atoms with E-state index in [0.717, 1.165) is 6.54 Å². The molecule has 0 saturated carbocycles. The van der Waals surface area contributed by atoms with Gasteiger partial charge in [-0.1, -0.05) is 6.92 Å². The highest BCUT2D eigenvalue weighted by Gasteiger charge is 2.23. The van der Waals surface area contributed by atoms with Crippen LogP contribution in [0.2, 0.25) is 0 Å². The van der Waals surface area contributed by atoms with Gasteiger partial charge in [-0.15, -0.1) is 0 Å². The van der Waals surface area contributed by atoms with E-state index < -0.39 is 10.0 Å². The fourth-order valence-corrected chi connectivity index (χ4v) is 3.22. The first-order valence-electron chi connectivity index (χ1n) is 6.55. The molecule has 0 bridgehead atoms. The largest absolute Gasteiger partial charge is 0.311 e. The molecule has 0 aromatic carbocycles. The first-order valence-corrected chi connectivity index (χ1v) is 8.03.